The summed E-state index contributed by atoms with van der Waals surface area (Å²) in [7, 11) is 0. The minimum absolute atomic E-state index is 0.0831. The van der Waals surface area contributed by atoms with Gasteiger partial charge >= 0.3 is 0 Å². The molecule has 0 saturated heterocycles. The van der Waals surface area contributed by atoms with Crippen LogP contribution in [0.3, 0.4) is 0 Å². The monoisotopic (exact) mass is 250 g/mol. The van der Waals surface area contributed by atoms with Crippen LogP contribution in [0.2, 0.25) is 0 Å². The van der Waals surface area contributed by atoms with E-state index in [0.717, 1.165) is 0 Å². The molecule has 0 radical (unpaired) electrons. The standard InChI is InChI=1S/C8H9BrF2N2/c1-4-2-5(3-9)13-7(6(4)12)8(10)11/h2,8H,3,12H2,1H3. The molecule has 0 amide bonds. The Bertz CT molecular complexity index is 315. The van der Waals surface area contributed by atoms with Gasteiger partial charge in [0.25, 0.3) is 6.43 Å². The number of alkyl halides is 3. The largest absolute Gasteiger partial charge is 0.397 e. The Labute approximate surface area is 83.3 Å². The summed E-state index contributed by atoms with van der Waals surface area (Å²) < 4.78 is 24.7. The molecule has 2 N–H and O–H groups in total. The number of aromatic nitrogens is 1. The van der Waals surface area contributed by atoms with Crippen LogP contribution in [0, 0.1) is 6.92 Å². The molecule has 2 nitrogen and oxygen atoms in total. The number of hydrogen-bond donors (Lipinski definition) is 1. The molecule has 5 heteroatoms. The van der Waals surface area contributed by atoms with Crippen molar-refractivity contribution >= 4 is 21.6 Å². The summed E-state index contributed by atoms with van der Waals surface area (Å²) in [6, 6.07) is 1.69. The summed E-state index contributed by atoms with van der Waals surface area (Å²) >= 11 is 3.15. The number of rotatable bonds is 2. The number of nitrogen functional groups attached to an aromatic ring is 1. The molecule has 0 unspecified atom stereocenters. The van der Waals surface area contributed by atoms with Crippen LogP contribution in [-0.4, -0.2) is 4.98 Å². The normalized spacial score (nSPS) is 10.8. The Kier molecular flexibility index (Phi) is 3.19. The maximum atomic E-state index is 12.4. The molecule has 0 aliphatic rings. The lowest BCUT2D eigenvalue weighted by molar-refractivity contribution is 0.146. The van der Waals surface area contributed by atoms with Crippen LogP contribution in [0.25, 0.3) is 0 Å². The molecule has 72 valence electrons. The van der Waals surface area contributed by atoms with Gasteiger partial charge in [0.05, 0.1) is 11.4 Å². The van der Waals surface area contributed by atoms with Gasteiger partial charge in [-0.15, -0.1) is 0 Å². The molecule has 1 aromatic heterocycles. The molecule has 0 atom stereocenters. The summed E-state index contributed by atoms with van der Waals surface area (Å²) in [5.41, 5.74) is 6.42. The molecule has 13 heavy (non-hydrogen) atoms. The van der Waals surface area contributed by atoms with Crippen molar-refractivity contribution < 1.29 is 8.78 Å². The second-order valence-corrected chi connectivity index (χ2v) is 3.22. The summed E-state index contributed by atoms with van der Waals surface area (Å²) in [5, 5.41) is 0.452. The number of pyridine rings is 1. The molecule has 0 aliphatic carbocycles. The third-order valence-electron chi connectivity index (χ3n) is 1.69. The number of nitrogens with zero attached hydrogens (tertiary/aromatic N) is 1. The molecular formula is C8H9BrF2N2. The molecule has 0 bridgehead atoms. The average Bonchev–Trinajstić information content (AvgIpc) is 2.09. The Balaban J connectivity index is 3.25. The van der Waals surface area contributed by atoms with E-state index in [1.165, 1.54) is 0 Å². The minimum atomic E-state index is -2.61. The van der Waals surface area contributed by atoms with Crippen LogP contribution >= 0.6 is 15.9 Å². The van der Waals surface area contributed by atoms with E-state index in [4.69, 9.17) is 5.73 Å². The van der Waals surface area contributed by atoms with Crippen molar-refractivity contribution in [3.63, 3.8) is 0 Å². The van der Waals surface area contributed by atoms with Crippen molar-refractivity contribution in [1.82, 2.24) is 4.98 Å². The van der Waals surface area contributed by atoms with E-state index >= 15 is 0 Å². The van der Waals surface area contributed by atoms with E-state index < -0.39 is 6.43 Å². The van der Waals surface area contributed by atoms with Crippen LogP contribution in [0.1, 0.15) is 23.4 Å². The Morgan fingerprint density at radius 1 is 1.62 bits per heavy atom. The van der Waals surface area contributed by atoms with Crippen molar-refractivity contribution in [2.75, 3.05) is 5.73 Å². The average molecular weight is 251 g/mol. The topological polar surface area (TPSA) is 38.9 Å². The number of nitrogens with two attached hydrogens (primary N) is 1. The zero-order valence-electron chi connectivity index (χ0n) is 7.02. The van der Waals surface area contributed by atoms with Gasteiger partial charge in [0, 0.05) is 5.33 Å². The van der Waals surface area contributed by atoms with Gasteiger partial charge in [0.15, 0.2) is 0 Å². The first kappa shape index (κ1) is 10.4. The van der Waals surface area contributed by atoms with Gasteiger partial charge in [-0.25, -0.2) is 13.8 Å². The van der Waals surface area contributed by atoms with Crippen LogP contribution < -0.4 is 5.73 Å². The van der Waals surface area contributed by atoms with Crippen molar-refractivity contribution in [2.45, 2.75) is 18.7 Å². The molecule has 1 heterocycles. The van der Waals surface area contributed by atoms with E-state index in [1.54, 1.807) is 13.0 Å². The Morgan fingerprint density at radius 2 is 2.23 bits per heavy atom. The van der Waals surface area contributed by atoms with Gasteiger partial charge in [0.1, 0.15) is 5.69 Å². The summed E-state index contributed by atoms with van der Waals surface area (Å²) in [5.74, 6) is 0. The second kappa shape index (κ2) is 4.00. The van der Waals surface area contributed by atoms with E-state index in [1.807, 2.05) is 0 Å². The summed E-state index contributed by atoms with van der Waals surface area (Å²) in [6.07, 6.45) is -2.61. The predicted octanol–water partition coefficient (Wildman–Crippen LogP) is 2.80. The van der Waals surface area contributed by atoms with E-state index in [0.29, 0.717) is 16.6 Å². The quantitative estimate of drug-likeness (QED) is 0.821. The number of aryl methyl sites for hydroxylation is 1. The number of halogens is 3. The minimum Gasteiger partial charge on any atom is -0.397 e. The first-order valence-electron chi connectivity index (χ1n) is 3.66. The second-order valence-electron chi connectivity index (χ2n) is 2.66. The van der Waals surface area contributed by atoms with Gasteiger partial charge in [-0.05, 0) is 18.6 Å². The number of hydrogen-bond acceptors (Lipinski definition) is 2. The molecule has 0 saturated carbocycles. The highest BCUT2D eigenvalue weighted by Crippen LogP contribution is 2.26. The van der Waals surface area contributed by atoms with Gasteiger partial charge in [0.2, 0.25) is 0 Å². The fourth-order valence-electron chi connectivity index (χ4n) is 1.01. The highest BCUT2D eigenvalue weighted by molar-refractivity contribution is 9.08. The molecule has 1 aromatic rings. The Morgan fingerprint density at radius 3 is 2.69 bits per heavy atom. The van der Waals surface area contributed by atoms with Crippen LogP contribution in [0.5, 0.6) is 0 Å². The fraction of sp³-hybridized carbons (Fsp3) is 0.375. The van der Waals surface area contributed by atoms with Crippen molar-refractivity contribution in [3.05, 3.63) is 23.0 Å². The van der Waals surface area contributed by atoms with E-state index in [2.05, 4.69) is 20.9 Å². The lowest BCUT2D eigenvalue weighted by Gasteiger charge is -2.08. The SMILES string of the molecule is Cc1cc(CBr)nc(C(F)F)c1N. The van der Waals surface area contributed by atoms with E-state index in [9.17, 15) is 8.78 Å². The summed E-state index contributed by atoms with van der Waals surface area (Å²) in [6.45, 7) is 1.69. The van der Waals surface area contributed by atoms with Crippen LogP contribution in [0.4, 0.5) is 14.5 Å². The molecule has 1 rings (SSSR count). The van der Waals surface area contributed by atoms with E-state index in [-0.39, 0.29) is 11.4 Å². The number of anilines is 1. The fourth-order valence-corrected chi connectivity index (χ4v) is 1.30. The van der Waals surface area contributed by atoms with Gasteiger partial charge < -0.3 is 5.73 Å². The summed E-state index contributed by atoms with van der Waals surface area (Å²) in [4.78, 5) is 3.73. The molecular weight excluding hydrogens is 242 g/mol. The lowest BCUT2D eigenvalue weighted by atomic mass is 10.1. The smallest absolute Gasteiger partial charge is 0.282 e. The van der Waals surface area contributed by atoms with Gasteiger partial charge in [-0.1, -0.05) is 15.9 Å². The van der Waals surface area contributed by atoms with Crippen molar-refractivity contribution in [1.29, 1.82) is 0 Å². The zero-order chi connectivity index (χ0) is 10.0. The highest BCUT2D eigenvalue weighted by atomic mass is 79.9. The highest BCUT2D eigenvalue weighted by Gasteiger charge is 2.15. The lowest BCUT2D eigenvalue weighted by Crippen LogP contribution is -2.03. The Hall–Kier alpha value is -0.710. The van der Waals surface area contributed by atoms with Crippen LogP contribution in [-0.2, 0) is 5.33 Å². The molecule has 0 fully saturated rings. The first-order chi connectivity index (χ1) is 6.06. The van der Waals surface area contributed by atoms with Crippen LogP contribution in [0.15, 0.2) is 6.07 Å². The van der Waals surface area contributed by atoms with Gasteiger partial charge in [-0.3, -0.25) is 0 Å². The maximum Gasteiger partial charge on any atom is 0.282 e. The molecule has 0 spiro atoms. The van der Waals surface area contributed by atoms with Crippen molar-refractivity contribution in [3.8, 4) is 0 Å². The first-order valence-corrected chi connectivity index (χ1v) is 4.78. The zero-order valence-corrected chi connectivity index (χ0v) is 8.61. The third kappa shape index (κ3) is 2.15. The predicted molar refractivity (Wildman–Crippen MR) is 51.0 cm³/mol. The van der Waals surface area contributed by atoms with Gasteiger partial charge in [-0.2, -0.15) is 0 Å². The third-order valence-corrected chi connectivity index (χ3v) is 2.27. The maximum absolute atomic E-state index is 12.4. The molecule has 0 aromatic carbocycles. The molecule has 0 aliphatic heterocycles. The van der Waals surface area contributed by atoms with Crippen molar-refractivity contribution in [2.24, 2.45) is 0 Å².